The second-order valence-corrected chi connectivity index (χ2v) is 6.01. The summed E-state index contributed by atoms with van der Waals surface area (Å²) in [7, 11) is 0. The van der Waals surface area contributed by atoms with Gasteiger partial charge in [-0.05, 0) is 54.1 Å². The lowest BCUT2D eigenvalue weighted by atomic mass is 9.80. The normalized spacial score (nSPS) is 27.9. The predicted molar refractivity (Wildman–Crippen MR) is 82.6 cm³/mol. The highest BCUT2D eigenvalue weighted by molar-refractivity contribution is 5.50. The smallest absolute Gasteiger partial charge is 0.0360 e. The lowest BCUT2D eigenvalue weighted by molar-refractivity contribution is 0.287. The van der Waals surface area contributed by atoms with Crippen LogP contribution in [0, 0.1) is 5.92 Å². The van der Waals surface area contributed by atoms with E-state index in [2.05, 4.69) is 47.8 Å². The average molecular weight is 264 g/mol. The highest BCUT2D eigenvalue weighted by Crippen LogP contribution is 2.51. The molecule has 0 bridgehead atoms. The lowest BCUT2D eigenvalue weighted by Crippen LogP contribution is -2.32. The molecule has 102 valence electrons. The molecule has 1 aliphatic carbocycles. The van der Waals surface area contributed by atoms with Crippen molar-refractivity contribution in [3.63, 3.8) is 0 Å². The van der Waals surface area contributed by atoms with Gasteiger partial charge >= 0.3 is 0 Å². The van der Waals surface area contributed by atoms with E-state index in [1.807, 2.05) is 6.07 Å². The second kappa shape index (κ2) is 4.64. The third-order valence-corrected chi connectivity index (χ3v) is 4.87. The number of nitrogens with two attached hydrogens (primary N) is 1. The average Bonchev–Trinajstić information content (AvgIpc) is 2.82. The van der Waals surface area contributed by atoms with Crippen LogP contribution in [0.25, 0.3) is 0 Å². The summed E-state index contributed by atoms with van der Waals surface area (Å²) in [5.41, 5.74) is 11.2. The fourth-order valence-corrected chi connectivity index (χ4v) is 4.10. The van der Waals surface area contributed by atoms with Gasteiger partial charge in [-0.1, -0.05) is 36.4 Å². The van der Waals surface area contributed by atoms with E-state index in [-0.39, 0.29) is 0 Å². The van der Waals surface area contributed by atoms with Gasteiger partial charge in [-0.15, -0.1) is 0 Å². The van der Waals surface area contributed by atoms with Crippen molar-refractivity contribution in [3.05, 3.63) is 65.2 Å². The van der Waals surface area contributed by atoms with Gasteiger partial charge in [0.25, 0.3) is 0 Å². The van der Waals surface area contributed by atoms with Gasteiger partial charge in [-0.3, -0.25) is 0 Å². The van der Waals surface area contributed by atoms with Gasteiger partial charge in [0.2, 0.25) is 0 Å². The molecule has 1 unspecified atom stereocenters. The standard InChI is InChI=1S/C18H20N2/c19-13-6-3-5-12(11-13)17-14-7-1-2-8-15(14)18-16(17)9-4-10-20-18/h1-3,5-8,11,16-18,20H,4,9-10,19H2/t16-,17+,18?/m0/s1. The zero-order chi connectivity index (χ0) is 13.5. The maximum atomic E-state index is 6.00. The first-order chi connectivity index (χ1) is 9.84. The second-order valence-electron chi connectivity index (χ2n) is 6.01. The van der Waals surface area contributed by atoms with Crippen LogP contribution in [0.4, 0.5) is 5.69 Å². The van der Waals surface area contributed by atoms with Gasteiger partial charge < -0.3 is 11.1 Å². The quantitative estimate of drug-likeness (QED) is 0.774. The van der Waals surface area contributed by atoms with E-state index in [9.17, 15) is 0 Å². The van der Waals surface area contributed by atoms with Gasteiger partial charge in [0.05, 0.1) is 0 Å². The van der Waals surface area contributed by atoms with Gasteiger partial charge in [0.15, 0.2) is 0 Å². The zero-order valence-corrected chi connectivity index (χ0v) is 11.5. The molecule has 0 spiro atoms. The molecule has 2 aliphatic rings. The van der Waals surface area contributed by atoms with E-state index >= 15 is 0 Å². The van der Waals surface area contributed by atoms with Crippen LogP contribution in [-0.2, 0) is 0 Å². The molecule has 3 atom stereocenters. The van der Waals surface area contributed by atoms with Crippen LogP contribution in [0.2, 0.25) is 0 Å². The fourth-order valence-electron chi connectivity index (χ4n) is 4.10. The number of nitrogen functional groups attached to an aromatic ring is 1. The third kappa shape index (κ3) is 1.75. The molecule has 1 fully saturated rings. The van der Waals surface area contributed by atoms with Crippen LogP contribution in [0.15, 0.2) is 48.5 Å². The van der Waals surface area contributed by atoms with Crippen LogP contribution in [-0.4, -0.2) is 6.54 Å². The van der Waals surface area contributed by atoms with Crippen molar-refractivity contribution < 1.29 is 0 Å². The van der Waals surface area contributed by atoms with E-state index in [0.717, 1.165) is 12.2 Å². The minimum Gasteiger partial charge on any atom is -0.399 e. The summed E-state index contributed by atoms with van der Waals surface area (Å²) in [5, 5.41) is 3.72. The molecule has 2 heteroatoms. The van der Waals surface area contributed by atoms with E-state index in [1.54, 1.807) is 0 Å². The molecule has 2 aromatic carbocycles. The number of nitrogens with one attached hydrogen (secondary N) is 1. The minimum atomic E-state index is 0.493. The Labute approximate surface area is 120 Å². The molecule has 0 radical (unpaired) electrons. The highest BCUT2D eigenvalue weighted by Gasteiger charge is 2.42. The lowest BCUT2D eigenvalue weighted by Gasteiger charge is -2.31. The minimum absolute atomic E-state index is 0.493. The van der Waals surface area contributed by atoms with Crippen molar-refractivity contribution in [2.24, 2.45) is 5.92 Å². The fraction of sp³-hybridized carbons (Fsp3) is 0.333. The largest absolute Gasteiger partial charge is 0.399 e. The van der Waals surface area contributed by atoms with Crippen LogP contribution >= 0.6 is 0 Å². The first-order valence-electron chi connectivity index (χ1n) is 7.52. The zero-order valence-electron chi connectivity index (χ0n) is 11.5. The summed E-state index contributed by atoms with van der Waals surface area (Å²) in [6.07, 6.45) is 2.57. The van der Waals surface area contributed by atoms with Crippen molar-refractivity contribution in [3.8, 4) is 0 Å². The maximum absolute atomic E-state index is 6.00. The Bertz CT molecular complexity index is 635. The van der Waals surface area contributed by atoms with Crippen LogP contribution in [0.5, 0.6) is 0 Å². The molecule has 0 saturated carbocycles. The third-order valence-electron chi connectivity index (χ3n) is 4.87. The highest BCUT2D eigenvalue weighted by atomic mass is 14.9. The molecule has 3 N–H and O–H groups in total. The Balaban J connectivity index is 1.85. The van der Waals surface area contributed by atoms with Crippen molar-refractivity contribution in [2.45, 2.75) is 24.8 Å². The first kappa shape index (κ1) is 12.0. The Kier molecular flexibility index (Phi) is 2.78. The number of anilines is 1. The molecule has 0 aromatic heterocycles. The van der Waals surface area contributed by atoms with Crippen molar-refractivity contribution in [1.29, 1.82) is 0 Å². The van der Waals surface area contributed by atoms with Gasteiger partial charge in [0, 0.05) is 17.6 Å². The summed E-state index contributed by atoms with van der Waals surface area (Å²) in [6.45, 7) is 1.14. The van der Waals surface area contributed by atoms with Crippen molar-refractivity contribution in [2.75, 3.05) is 12.3 Å². The summed E-state index contributed by atoms with van der Waals surface area (Å²) < 4.78 is 0. The summed E-state index contributed by atoms with van der Waals surface area (Å²) in [6, 6.07) is 17.9. The predicted octanol–water partition coefficient (Wildman–Crippen LogP) is 3.46. The summed E-state index contributed by atoms with van der Waals surface area (Å²) in [5.74, 6) is 1.16. The number of piperidine rings is 1. The molecule has 1 heterocycles. The number of hydrogen-bond donors (Lipinski definition) is 2. The Morgan fingerprint density at radius 2 is 1.85 bits per heavy atom. The topological polar surface area (TPSA) is 38.0 Å². The molecule has 0 amide bonds. The van der Waals surface area contributed by atoms with Crippen LogP contribution < -0.4 is 11.1 Å². The van der Waals surface area contributed by atoms with Crippen LogP contribution in [0.1, 0.15) is 41.5 Å². The summed E-state index contributed by atoms with van der Waals surface area (Å²) >= 11 is 0. The molecular formula is C18H20N2. The molecule has 1 aliphatic heterocycles. The number of rotatable bonds is 1. The monoisotopic (exact) mass is 264 g/mol. The van der Waals surface area contributed by atoms with E-state index < -0.39 is 0 Å². The molecule has 4 rings (SSSR count). The molecule has 2 nitrogen and oxygen atoms in total. The van der Waals surface area contributed by atoms with E-state index in [0.29, 0.717) is 17.9 Å². The van der Waals surface area contributed by atoms with Crippen molar-refractivity contribution >= 4 is 5.69 Å². The summed E-state index contributed by atoms with van der Waals surface area (Å²) in [4.78, 5) is 0. The van der Waals surface area contributed by atoms with E-state index in [1.165, 1.54) is 29.5 Å². The van der Waals surface area contributed by atoms with E-state index in [4.69, 9.17) is 5.73 Å². The Morgan fingerprint density at radius 1 is 1.00 bits per heavy atom. The number of hydrogen-bond acceptors (Lipinski definition) is 2. The number of fused-ring (bicyclic) bond motifs is 3. The van der Waals surface area contributed by atoms with Gasteiger partial charge in [0.1, 0.15) is 0 Å². The van der Waals surface area contributed by atoms with Gasteiger partial charge in [-0.2, -0.15) is 0 Å². The maximum Gasteiger partial charge on any atom is 0.0360 e. The Hall–Kier alpha value is -1.80. The SMILES string of the molecule is Nc1cccc([C@@H]2c3ccccc3C3NCCC[C@H]32)c1. The molecule has 2 aromatic rings. The molecule has 20 heavy (non-hydrogen) atoms. The first-order valence-corrected chi connectivity index (χ1v) is 7.52. The Morgan fingerprint density at radius 3 is 2.70 bits per heavy atom. The van der Waals surface area contributed by atoms with Crippen LogP contribution in [0.3, 0.4) is 0 Å². The molecular weight excluding hydrogens is 244 g/mol. The molecule has 1 saturated heterocycles. The van der Waals surface area contributed by atoms with Crippen molar-refractivity contribution in [1.82, 2.24) is 5.32 Å². The van der Waals surface area contributed by atoms with Gasteiger partial charge in [-0.25, -0.2) is 0 Å². The number of benzene rings is 2.